The number of rotatable bonds is 2. The number of nitrogens with two attached hydrogens (primary N) is 1. The molecule has 5 nitrogen and oxygen atoms in total. The summed E-state index contributed by atoms with van der Waals surface area (Å²) < 4.78 is 0. The van der Waals surface area contributed by atoms with Crippen LogP contribution in [0.2, 0.25) is 0 Å². The lowest BCUT2D eigenvalue weighted by atomic mass is 9.84. The quantitative estimate of drug-likeness (QED) is 0.765. The molecule has 0 aromatic rings. The molecule has 2 amide bonds. The van der Waals surface area contributed by atoms with Crippen molar-refractivity contribution in [3.05, 3.63) is 0 Å². The van der Waals surface area contributed by atoms with E-state index in [1.807, 2.05) is 11.8 Å². The van der Waals surface area contributed by atoms with Crippen LogP contribution >= 0.6 is 0 Å². The van der Waals surface area contributed by atoms with Gasteiger partial charge in [0.25, 0.3) is 0 Å². The van der Waals surface area contributed by atoms with Crippen molar-refractivity contribution in [2.75, 3.05) is 20.1 Å². The highest BCUT2D eigenvalue weighted by Gasteiger charge is 2.52. The zero-order valence-electron chi connectivity index (χ0n) is 12.4. The van der Waals surface area contributed by atoms with Gasteiger partial charge in [-0.1, -0.05) is 0 Å². The average Bonchev–Trinajstić information content (AvgIpc) is 3.12. The Morgan fingerprint density at radius 3 is 2.60 bits per heavy atom. The maximum Gasteiger partial charge on any atom is 0.227 e. The standard InChI is InChI=1S/C15H25N3O2/c1-15(14(20)17-2)5-6-18(8-15)13(19)11-9-3-4-10(7-9)12(11)16/h9-12H,3-8,16H2,1-2H3,(H,17,20). The van der Waals surface area contributed by atoms with Crippen molar-refractivity contribution in [2.45, 2.75) is 38.6 Å². The van der Waals surface area contributed by atoms with Crippen molar-refractivity contribution in [3.8, 4) is 0 Å². The van der Waals surface area contributed by atoms with Crippen molar-refractivity contribution < 1.29 is 9.59 Å². The number of carbonyl (C=O) groups excluding carboxylic acids is 2. The van der Waals surface area contributed by atoms with Crippen LogP contribution in [0, 0.1) is 23.2 Å². The minimum Gasteiger partial charge on any atom is -0.359 e. The third kappa shape index (κ3) is 1.94. The Morgan fingerprint density at radius 1 is 1.30 bits per heavy atom. The Hall–Kier alpha value is -1.10. The van der Waals surface area contributed by atoms with E-state index in [0.717, 1.165) is 19.3 Å². The Morgan fingerprint density at radius 2 is 2.00 bits per heavy atom. The number of hydrogen-bond acceptors (Lipinski definition) is 3. The maximum absolute atomic E-state index is 12.8. The third-order valence-electron chi connectivity index (χ3n) is 5.83. The molecule has 0 aromatic heterocycles. The molecule has 2 aliphatic carbocycles. The lowest BCUT2D eigenvalue weighted by Gasteiger charge is -2.31. The molecule has 0 aromatic carbocycles. The normalized spacial score (nSPS) is 43.0. The molecule has 112 valence electrons. The molecule has 0 spiro atoms. The summed E-state index contributed by atoms with van der Waals surface area (Å²) in [6.07, 6.45) is 4.20. The van der Waals surface area contributed by atoms with Crippen LogP contribution < -0.4 is 11.1 Å². The Kier molecular flexibility index (Phi) is 3.27. The van der Waals surface area contributed by atoms with E-state index in [9.17, 15) is 9.59 Å². The van der Waals surface area contributed by atoms with Gasteiger partial charge in [0.1, 0.15) is 0 Å². The fourth-order valence-electron chi connectivity index (χ4n) is 4.55. The van der Waals surface area contributed by atoms with Crippen LogP contribution in [-0.2, 0) is 9.59 Å². The summed E-state index contributed by atoms with van der Waals surface area (Å²) in [5.74, 6) is 1.25. The van der Waals surface area contributed by atoms with E-state index in [4.69, 9.17) is 5.73 Å². The minimum absolute atomic E-state index is 0.000729. The van der Waals surface area contributed by atoms with Crippen LogP contribution in [0.1, 0.15) is 32.6 Å². The lowest BCUT2D eigenvalue weighted by Crippen LogP contribution is -2.47. The molecule has 5 heteroatoms. The topological polar surface area (TPSA) is 75.4 Å². The Balaban J connectivity index is 1.69. The number of carbonyl (C=O) groups is 2. The molecule has 20 heavy (non-hydrogen) atoms. The van der Waals surface area contributed by atoms with Gasteiger partial charge in [-0.05, 0) is 44.4 Å². The summed E-state index contributed by atoms with van der Waals surface area (Å²) in [4.78, 5) is 26.6. The number of nitrogens with zero attached hydrogens (tertiary/aromatic N) is 1. The first kappa shape index (κ1) is 13.9. The van der Waals surface area contributed by atoms with Crippen molar-refractivity contribution in [3.63, 3.8) is 0 Å². The van der Waals surface area contributed by atoms with E-state index in [1.165, 1.54) is 6.42 Å². The van der Waals surface area contributed by atoms with Gasteiger partial charge in [0.15, 0.2) is 0 Å². The van der Waals surface area contributed by atoms with Gasteiger partial charge >= 0.3 is 0 Å². The summed E-state index contributed by atoms with van der Waals surface area (Å²) in [7, 11) is 1.66. The monoisotopic (exact) mass is 279 g/mol. The SMILES string of the molecule is CNC(=O)C1(C)CCN(C(=O)C2C3CCC(C3)C2N)C1. The zero-order chi connectivity index (χ0) is 14.5. The van der Waals surface area contributed by atoms with Crippen molar-refractivity contribution in [1.29, 1.82) is 0 Å². The van der Waals surface area contributed by atoms with E-state index in [0.29, 0.717) is 24.9 Å². The highest BCUT2D eigenvalue weighted by molar-refractivity contribution is 5.86. The van der Waals surface area contributed by atoms with E-state index in [-0.39, 0.29) is 23.8 Å². The number of amides is 2. The first-order valence-corrected chi connectivity index (χ1v) is 7.73. The second-order valence-corrected chi connectivity index (χ2v) is 7.09. The number of likely N-dealkylation sites (tertiary alicyclic amines) is 1. The number of fused-ring (bicyclic) bond motifs is 2. The largest absolute Gasteiger partial charge is 0.359 e. The molecular weight excluding hydrogens is 254 g/mol. The fourth-order valence-corrected chi connectivity index (χ4v) is 4.55. The second-order valence-electron chi connectivity index (χ2n) is 7.09. The van der Waals surface area contributed by atoms with Crippen LogP contribution in [0.5, 0.6) is 0 Å². The minimum atomic E-state index is -0.438. The fraction of sp³-hybridized carbons (Fsp3) is 0.867. The molecule has 2 bridgehead atoms. The summed E-state index contributed by atoms with van der Waals surface area (Å²) in [6, 6.07) is 0.0353. The second kappa shape index (κ2) is 4.72. The molecule has 5 atom stereocenters. The van der Waals surface area contributed by atoms with Crippen molar-refractivity contribution >= 4 is 11.8 Å². The lowest BCUT2D eigenvalue weighted by molar-refractivity contribution is -0.137. The summed E-state index contributed by atoms with van der Waals surface area (Å²) in [5, 5.41) is 2.71. The van der Waals surface area contributed by atoms with Crippen LogP contribution in [-0.4, -0.2) is 42.9 Å². The molecule has 1 aliphatic heterocycles. The van der Waals surface area contributed by atoms with Crippen molar-refractivity contribution in [2.24, 2.45) is 28.9 Å². The van der Waals surface area contributed by atoms with E-state index >= 15 is 0 Å². The predicted molar refractivity (Wildman–Crippen MR) is 75.7 cm³/mol. The molecule has 1 heterocycles. The van der Waals surface area contributed by atoms with Crippen LogP contribution in [0.4, 0.5) is 0 Å². The molecular formula is C15H25N3O2. The van der Waals surface area contributed by atoms with Gasteiger partial charge in [-0.25, -0.2) is 0 Å². The van der Waals surface area contributed by atoms with Crippen LogP contribution in [0.15, 0.2) is 0 Å². The van der Waals surface area contributed by atoms with Gasteiger partial charge in [-0.2, -0.15) is 0 Å². The van der Waals surface area contributed by atoms with E-state index in [2.05, 4.69) is 5.32 Å². The molecule has 5 unspecified atom stereocenters. The number of hydrogen-bond donors (Lipinski definition) is 2. The summed E-state index contributed by atoms with van der Waals surface area (Å²) in [6.45, 7) is 3.16. The van der Waals surface area contributed by atoms with E-state index in [1.54, 1.807) is 7.05 Å². The van der Waals surface area contributed by atoms with Gasteiger partial charge in [-0.3, -0.25) is 9.59 Å². The maximum atomic E-state index is 12.8. The first-order chi connectivity index (χ1) is 9.46. The van der Waals surface area contributed by atoms with Gasteiger partial charge in [0, 0.05) is 26.2 Å². The highest BCUT2D eigenvalue weighted by atomic mass is 16.2. The summed E-state index contributed by atoms with van der Waals surface area (Å²) >= 11 is 0. The third-order valence-corrected chi connectivity index (χ3v) is 5.83. The molecule has 0 radical (unpaired) electrons. The Labute approximate surface area is 120 Å². The Bertz CT molecular complexity index is 437. The van der Waals surface area contributed by atoms with E-state index < -0.39 is 5.41 Å². The average molecular weight is 279 g/mol. The van der Waals surface area contributed by atoms with Crippen molar-refractivity contribution in [1.82, 2.24) is 10.2 Å². The van der Waals surface area contributed by atoms with Gasteiger partial charge < -0.3 is 16.0 Å². The zero-order valence-corrected chi connectivity index (χ0v) is 12.4. The smallest absolute Gasteiger partial charge is 0.227 e. The first-order valence-electron chi connectivity index (χ1n) is 7.73. The molecule has 1 saturated heterocycles. The molecule has 3 N–H and O–H groups in total. The van der Waals surface area contributed by atoms with Gasteiger partial charge in [-0.15, -0.1) is 0 Å². The summed E-state index contributed by atoms with van der Waals surface area (Å²) in [5.41, 5.74) is 5.82. The van der Waals surface area contributed by atoms with Crippen LogP contribution in [0.25, 0.3) is 0 Å². The van der Waals surface area contributed by atoms with Gasteiger partial charge in [0.05, 0.1) is 11.3 Å². The molecule has 3 aliphatic rings. The predicted octanol–water partition coefficient (Wildman–Crippen LogP) is 0.344. The van der Waals surface area contributed by atoms with Crippen LogP contribution in [0.3, 0.4) is 0 Å². The highest BCUT2D eigenvalue weighted by Crippen LogP contribution is 2.48. The van der Waals surface area contributed by atoms with Gasteiger partial charge in [0.2, 0.25) is 11.8 Å². The number of nitrogens with one attached hydrogen (secondary N) is 1. The molecule has 3 rings (SSSR count). The molecule has 2 saturated carbocycles. The molecule has 3 fully saturated rings.